The molecular weight excluding hydrogens is 230 g/mol. The Kier molecular flexibility index (Phi) is 2.59. The van der Waals surface area contributed by atoms with Crippen molar-refractivity contribution in [3.8, 4) is 11.5 Å². The molecule has 1 aliphatic rings. The maximum Gasteiger partial charge on any atom is 0.249 e. The van der Waals surface area contributed by atoms with Gasteiger partial charge in [0.25, 0.3) is 0 Å². The molecule has 1 fully saturated rings. The molecule has 5 nitrogen and oxygen atoms in total. The SMILES string of the molecule is Cc1nnc(-c2ccccc2NC(=O)C2CC2)o1. The highest BCUT2D eigenvalue weighted by molar-refractivity contribution is 5.97. The Morgan fingerprint density at radius 3 is 2.78 bits per heavy atom. The summed E-state index contributed by atoms with van der Waals surface area (Å²) in [4.78, 5) is 11.8. The van der Waals surface area contributed by atoms with E-state index in [0.717, 1.165) is 24.1 Å². The van der Waals surface area contributed by atoms with Crippen LogP contribution in [0.3, 0.4) is 0 Å². The van der Waals surface area contributed by atoms with E-state index in [1.54, 1.807) is 6.92 Å². The first kappa shape index (κ1) is 11.0. The number of amides is 1. The predicted molar refractivity (Wildman–Crippen MR) is 65.8 cm³/mol. The van der Waals surface area contributed by atoms with Gasteiger partial charge in [0, 0.05) is 12.8 Å². The van der Waals surface area contributed by atoms with Crippen molar-refractivity contribution in [1.29, 1.82) is 0 Å². The van der Waals surface area contributed by atoms with Crippen LogP contribution in [0.5, 0.6) is 0 Å². The number of hydrogen-bond donors (Lipinski definition) is 1. The molecule has 1 aliphatic carbocycles. The van der Waals surface area contributed by atoms with E-state index in [4.69, 9.17) is 4.42 Å². The van der Waals surface area contributed by atoms with E-state index in [1.807, 2.05) is 24.3 Å². The first-order valence-electron chi connectivity index (χ1n) is 5.94. The first-order chi connectivity index (χ1) is 8.74. The summed E-state index contributed by atoms with van der Waals surface area (Å²) in [5.41, 5.74) is 1.48. The van der Waals surface area contributed by atoms with Crippen molar-refractivity contribution in [1.82, 2.24) is 10.2 Å². The van der Waals surface area contributed by atoms with Crippen LogP contribution in [0.2, 0.25) is 0 Å². The second kappa shape index (κ2) is 4.25. The number of anilines is 1. The molecule has 0 atom stereocenters. The quantitative estimate of drug-likeness (QED) is 0.898. The molecule has 0 radical (unpaired) electrons. The standard InChI is InChI=1S/C13H13N3O2/c1-8-15-16-13(18-8)10-4-2-3-5-11(10)14-12(17)9-6-7-9/h2-5,9H,6-7H2,1H3,(H,14,17). The van der Waals surface area contributed by atoms with Crippen LogP contribution >= 0.6 is 0 Å². The fourth-order valence-corrected chi connectivity index (χ4v) is 1.76. The lowest BCUT2D eigenvalue weighted by molar-refractivity contribution is -0.117. The number of hydrogen-bond acceptors (Lipinski definition) is 4. The van der Waals surface area contributed by atoms with Crippen molar-refractivity contribution in [2.24, 2.45) is 5.92 Å². The zero-order valence-electron chi connectivity index (χ0n) is 10.0. The molecule has 1 aromatic carbocycles. The Morgan fingerprint density at radius 1 is 1.33 bits per heavy atom. The lowest BCUT2D eigenvalue weighted by Gasteiger charge is -2.07. The molecule has 0 unspecified atom stereocenters. The van der Waals surface area contributed by atoms with Crippen molar-refractivity contribution < 1.29 is 9.21 Å². The van der Waals surface area contributed by atoms with Gasteiger partial charge in [0.1, 0.15) is 0 Å². The first-order valence-corrected chi connectivity index (χ1v) is 5.94. The summed E-state index contributed by atoms with van der Waals surface area (Å²) in [6, 6.07) is 7.45. The molecule has 92 valence electrons. The Balaban J connectivity index is 1.91. The average molecular weight is 243 g/mol. The number of nitrogens with zero attached hydrogens (tertiary/aromatic N) is 2. The molecule has 1 saturated carbocycles. The van der Waals surface area contributed by atoms with Gasteiger partial charge >= 0.3 is 0 Å². The monoisotopic (exact) mass is 243 g/mol. The normalized spacial score (nSPS) is 14.5. The van der Waals surface area contributed by atoms with Gasteiger partial charge < -0.3 is 9.73 Å². The van der Waals surface area contributed by atoms with Crippen molar-refractivity contribution in [3.05, 3.63) is 30.2 Å². The molecule has 1 N–H and O–H groups in total. The highest BCUT2D eigenvalue weighted by atomic mass is 16.4. The number of benzene rings is 1. The van der Waals surface area contributed by atoms with Crippen molar-refractivity contribution >= 4 is 11.6 Å². The van der Waals surface area contributed by atoms with Crippen LogP contribution in [0.15, 0.2) is 28.7 Å². The molecule has 1 amide bonds. The van der Waals surface area contributed by atoms with E-state index in [1.165, 1.54) is 0 Å². The minimum atomic E-state index is 0.0682. The lowest BCUT2D eigenvalue weighted by atomic mass is 10.1. The van der Waals surface area contributed by atoms with Gasteiger partial charge in [0.15, 0.2) is 0 Å². The number of rotatable bonds is 3. The minimum Gasteiger partial charge on any atom is -0.421 e. The summed E-state index contributed by atoms with van der Waals surface area (Å²) in [5.74, 6) is 1.17. The molecular formula is C13H13N3O2. The summed E-state index contributed by atoms with van der Waals surface area (Å²) >= 11 is 0. The van der Waals surface area contributed by atoms with Crippen molar-refractivity contribution in [2.75, 3.05) is 5.32 Å². The third-order valence-electron chi connectivity index (χ3n) is 2.89. The van der Waals surface area contributed by atoms with E-state index in [0.29, 0.717) is 11.8 Å². The van der Waals surface area contributed by atoms with Crippen molar-refractivity contribution in [3.63, 3.8) is 0 Å². The highest BCUT2D eigenvalue weighted by Gasteiger charge is 2.30. The average Bonchev–Trinajstić information content (AvgIpc) is 3.13. The molecule has 0 saturated heterocycles. The van der Waals surface area contributed by atoms with Gasteiger partial charge in [0.05, 0.1) is 11.3 Å². The summed E-state index contributed by atoms with van der Waals surface area (Å²) in [5, 5.41) is 10.7. The molecule has 0 aliphatic heterocycles. The molecule has 5 heteroatoms. The molecule has 1 aromatic heterocycles. The summed E-state index contributed by atoms with van der Waals surface area (Å²) in [6.45, 7) is 1.74. The third kappa shape index (κ3) is 2.11. The number of aromatic nitrogens is 2. The van der Waals surface area contributed by atoms with Gasteiger partial charge in [-0.25, -0.2) is 0 Å². The second-order valence-corrected chi connectivity index (χ2v) is 4.44. The summed E-state index contributed by atoms with van der Waals surface area (Å²) in [7, 11) is 0. The molecule has 1 heterocycles. The number of aryl methyl sites for hydroxylation is 1. The predicted octanol–water partition coefficient (Wildman–Crippen LogP) is 2.39. The second-order valence-electron chi connectivity index (χ2n) is 4.44. The number of carbonyl (C=O) groups is 1. The minimum absolute atomic E-state index is 0.0682. The van der Waals surface area contributed by atoms with Crippen LogP contribution in [0.1, 0.15) is 18.7 Å². The molecule has 0 spiro atoms. The Morgan fingerprint density at radius 2 is 2.11 bits per heavy atom. The van der Waals surface area contributed by atoms with Gasteiger partial charge in [-0.1, -0.05) is 12.1 Å². The van der Waals surface area contributed by atoms with Gasteiger partial charge in [-0.05, 0) is 25.0 Å². The maximum absolute atomic E-state index is 11.8. The van der Waals surface area contributed by atoms with Crippen LogP contribution in [0.4, 0.5) is 5.69 Å². The fraction of sp³-hybridized carbons (Fsp3) is 0.308. The van der Waals surface area contributed by atoms with E-state index < -0.39 is 0 Å². The van der Waals surface area contributed by atoms with E-state index in [-0.39, 0.29) is 11.8 Å². The maximum atomic E-state index is 11.8. The molecule has 18 heavy (non-hydrogen) atoms. The van der Waals surface area contributed by atoms with Crippen LogP contribution in [0.25, 0.3) is 11.5 Å². The van der Waals surface area contributed by atoms with E-state index in [2.05, 4.69) is 15.5 Å². The van der Waals surface area contributed by atoms with Crippen LogP contribution in [0, 0.1) is 12.8 Å². The zero-order chi connectivity index (χ0) is 12.5. The van der Waals surface area contributed by atoms with Gasteiger partial charge in [-0.15, -0.1) is 10.2 Å². The van der Waals surface area contributed by atoms with Crippen LogP contribution in [-0.4, -0.2) is 16.1 Å². The van der Waals surface area contributed by atoms with Gasteiger partial charge in [-0.3, -0.25) is 4.79 Å². The Labute approximate surface area is 104 Å². The Bertz CT molecular complexity index is 587. The van der Waals surface area contributed by atoms with Crippen molar-refractivity contribution in [2.45, 2.75) is 19.8 Å². The highest BCUT2D eigenvalue weighted by Crippen LogP contribution is 2.32. The number of carbonyl (C=O) groups excluding carboxylic acids is 1. The summed E-state index contributed by atoms with van der Waals surface area (Å²) < 4.78 is 5.39. The van der Waals surface area contributed by atoms with E-state index in [9.17, 15) is 4.79 Å². The molecule has 3 rings (SSSR count). The molecule has 2 aromatic rings. The fourth-order valence-electron chi connectivity index (χ4n) is 1.76. The Hall–Kier alpha value is -2.17. The van der Waals surface area contributed by atoms with Gasteiger partial charge in [-0.2, -0.15) is 0 Å². The van der Waals surface area contributed by atoms with Crippen LogP contribution < -0.4 is 5.32 Å². The smallest absolute Gasteiger partial charge is 0.249 e. The zero-order valence-corrected chi connectivity index (χ0v) is 10.0. The summed E-state index contributed by atoms with van der Waals surface area (Å²) in [6.07, 6.45) is 1.96. The number of para-hydroxylation sites is 1. The topological polar surface area (TPSA) is 68.0 Å². The van der Waals surface area contributed by atoms with Gasteiger partial charge in [0.2, 0.25) is 17.7 Å². The third-order valence-corrected chi connectivity index (χ3v) is 2.89. The lowest BCUT2D eigenvalue weighted by Crippen LogP contribution is -2.13. The van der Waals surface area contributed by atoms with Crippen LogP contribution in [-0.2, 0) is 4.79 Å². The van der Waals surface area contributed by atoms with E-state index >= 15 is 0 Å². The largest absolute Gasteiger partial charge is 0.421 e. The number of nitrogens with one attached hydrogen (secondary N) is 1. The molecule has 0 bridgehead atoms.